The Morgan fingerprint density at radius 2 is 1.96 bits per heavy atom. The molecule has 25 heavy (non-hydrogen) atoms. The number of hydrogen-bond acceptors (Lipinski definition) is 4. The highest BCUT2D eigenvalue weighted by molar-refractivity contribution is 5.94. The molecule has 0 saturated heterocycles. The van der Waals surface area contributed by atoms with Crippen molar-refractivity contribution in [1.29, 1.82) is 0 Å². The van der Waals surface area contributed by atoms with Gasteiger partial charge in [0.15, 0.2) is 12.3 Å². The molecule has 0 spiro atoms. The van der Waals surface area contributed by atoms with E-state index < -0.39 is 24.3 Å². The first-order chi connectivity index (χ1) is 11.8. The Hall–Kier alpha value is -3.10. The van der Waals surface area contributed by atoms with E-state index in [1.54, 1.807) is 30.3 Å². The van der Waals surface area contributed by atoms with Gasteiger partial charge in [-0.1, -0.05) is 30.3 Å². The normalized spacial score (nSPS) is 11.7. The molecule has 3 rings (SSSR count). The van der Waals surface area contributed by atoms with Crippen molar-refractivity contribution in [3.05, 3.63) is 42.0 Å². The fourth-order valence-electron chi connectivity index (χ4n) is 2.46. The van der Waals surface area contributed by atoms with Crippen LogP contribution in [0.2, 0.25) is 0 Å². The van der Waals surface area contributed by atoms with Crippen LogP contribution in [0.3, 0.4) is 0 Å². The summed E-state index contributed by atoms with van der Waals surface area (Å²) in [6, 6.07) is 9.26. The van der Waals surface area contributed by atoms with Gasteiger partial charge in [0, 0.05) is 18.7 Å². The molecule has 0 saturated carbocycles. The number of carbonyl (C=O) groups excluding carboxylic acids is 1. The minimum atomic E-state index is -4.65. The van der Waals surface area contributed by atoms with Gasteiger partial charge < -0.3 is 10.5 Å². The first kappa shape index (κ1) is 16.7. The number of pyridine rings is 1. The molecular formula is C16H13F3N4O2. The van der Waals surface area contributed by atoms with Gasteiger partial charge in [-0.05, 0) is 0 Å². The number of nitrogens with zero attached hydrogens (tertiary/aromatic N) is 3. The summed E-state index contributed by atoms with van der Waals surface area (Å²) in [5.41, 5.74) is 4.71. The van der Waals surface area contributed by atoms with Crippen molar-refractivity contribution in [1.82, 2.24) is 14.8 Å². The molecule has 0 fully saturated rings. The number of primary amides is 1. The molecule has 2 aromatic heterocycles. The van der Waals surface area contributed by atoms with E-state index in [-0.39, 0.29) is 22.6 Å². The summed E-state index contributed by atoms with van der Waals surface area (Å²) in [6.45, 7) is -0.570. The summed E-state index contributed by atoms with van der Waals surface area (Å²) in [5, 5.41) is 4.05. The summed E-state index contributed by atoms with van der Waals surface area (Å²) >= 11 is 0. The van der Waals surface area contributed by atoms with Crippen LogP contribution in [0.1, 0.15) is 5.56 Å². The Balaban J connectivity index is 2.26. The number of hydrogen-bond donors (Lipinski definition) is 1. The third kappa shape index (κ3) is 3.25. The number of halogens is 3. The molecular weight excluding hydrogens is 337 g/mol. The van der Waals surface area contributed by atoms with Gasteiger partial charge in [0.05, 0.1) is 10.9 Å². The average Bonchev–Trinajstić information content (AvgIpc) is 2.89. The number of fused-ring (bicyclic) bond motifs is 1. The van der Waals surface area contributed by atoms with Crippen molar-refractivity contribution in [2.45, 2.75) is 6.18 Å². The van der Waals surface area contributed by atoms with Crippen LogP contribution in [0, 0.1) is 0 Å². The van der Waals surface area contributed by atoms with Crippen molar-refractivity contribution in [3.8, 4) is 17.1 Å². The van der Waals surface area contributed by atoms with Crippen LogP contribution in [-0.2, 0) is 18.0 Å². The number of carbonyl (C=O) groups is 1. The van der Waals surface area contributed by atoms with Crippen molar-refractivity contribution < 1.29 is 22.7 Å². The van der Waals surface area contributed by atoms with Crippen molar-refractivity contribution in [3.63, 3.8) is 0 Å². The maximum absolute atomic E-state index is 13.6. The Morgan fingerprint density at radius 1 is 1.28 bits per heavy atom. The van der Waals surface area contributed by atoms with E-state index >= 15 is 0 Å². The minimum absolute atomic E-state index is 0.00634. The molecule has 1 aromatic carbocycles. The van der Waals surface area contributed by atoms with E-state index in [0.29, 0.717) is 5.56 Å². The minimum Gasteiger partial charge on any atom is -0.468 e. The molecule has 2 heterocycles. The molecule has 9 heteroatoms. The number of aromatic nitrogens is 3. The molecule has 0 aliphatic heterocycles. The molecule has 130 valence electrons. The lowest BCUT2D eigenvalue weighted by molar-refractivity contribution is -0.136. The highest BCUT2D eigenvalue weighted by Gasteiger charge is 2.36. The first-order valence-corrected chi connectivity index (χ1v) is 7.19. The van der Waals surface area contributed by atoms with E-state index in [9.17, 15) is 18.0 Å². The van der Waals surface area contributed by atoms with Crippen LogP contribution in [0.25, 0.3) is 22.3 Å². The second kappa shape index (κ2) is 6.08. The molecule has 2 N–H and O–H groups in total. The molecule has 3 aromatic rings. The molecule has 0 aliphatic rings. The number of ether oxygens (including phenoxy) is 1. The van der Waals surface area contributed by atoms with Crippen LogP contribution >= 0.6 is 0 Å². The summed E-state index contributed by atoms with van der Waals surface area (Å²) in [5.74, 6) is -1.16. The Morgan fingerprint density at radius 3 is 2.56 bits per heavy atom. The van der Waals surface area contributed by atoms with Gasteiger partial charge in [-0.2, -0.15) is 23.3 Å². The van der Waals surface area contributed by atoms with Gasteiger partial charge in [-0.25, -0.2) is 4.68 Å². The Kier molecular flexibility index (Phi) is 4.07. The average molecular weight is 350 g/mol. The highest BCUT2D eigenvalue weighted by Crippen LogP contribution is 2.40. The van der Waals surface area contributed by atoms with Crippen molar-refractivity contribution in [2.75, 3.05) is 6.61 Å². The number of rotatable bonds is 4. The standard InChI is InChI=1S/C16H13F3N4O2/c1-23-15-13(14(22-23)9-5-3-2-4-6-9)10(16(17,18)19)7-12(21-15)25-8-11(20)24/h2-7H,8H2,1H3,(H2,20,24). The first-order valence-electron chi connectivity index (χ1n) is 7.19. The number of nitrogens with two attached hydrogens (primary N) is 1. The van der Waals surface area contributed by atoms with Gasteiger partial charge in [0.25, 0.3) is 5.91 Å². The van der Waals surface area contributed by atoms with E-state index in [0.717, 1.165) is 6.07 Å². The summed E-state index contributed by atoms with van der Waals surface area (Å²) < 4.78 is 47.0. The van der Waals surface area contributed by atoms with Gasteiger partial charge in [-0.15, -0.1) is 0 Å². The number of aryl methyl sites for hydroxylation is 1. The second-order valence-corrected chi connectivity index (χ2v) is 5.30. The molecule has 0 aliphatic carbocycles. The monoisotopic (exact) mass is 350 g/mol. The van der Waals surface area contributed by atoms with Crippen molar-refractivity contribution in [2.24, 2.45) is 12.8 Å². The molecule has 0 atom stereocenters. The van der Waals surface area contributed by atoms with Crippen LogP contribution < -0.4 is 10.5 Å². The zero-order chi connectivity index (χ0) is 18.2. The lowest BCUT2D eigenvalue weighted by Crippen LogP contribution is -2.20. The summed E-state index contributed by atoms with van der Waals surface area (Å²) in [4.78, 5) is 14.8. The summed E-state index contributed by atoms with van der Waals surface area (Å²) in [6.07, 6.45) is -4.65. The van der Waals surface area contributed by atoms with Gasteiger partial charge in [-0.3, -0.25) is 4.79 Å². The van der Waals surface area contributed by atoms with Crippen molar-refractivity contribution >= 4 is 16.9 Å². The van der Waals surface area contributed by atoms with E-state index in [1.807, 2.05) is 0 Å². The predicted molar refractivity (Wildman–Crippen MR) is 83.6 cm³/mol. The predicted octanol–water partition coefficient (Wildman–Crippen LogP) is 2.52. The lowest BCUT2D eigenvalue weighted by Gasteiger charge is -2.11. The smallest absolute Gasteiger partial charge is 0.417 e. The van der Waals surface area contributed by atoms with Gasteiger partial charge in [0.1, 0.15) is 5.69 Å². The fraction of sp³-hybridized carbons (Fsp3) is 0.188. The van der Waals surface area contributed by atoms with Crippen LogP contribution in [0.5, 0.6) is 5.88 Å². The molecule has 0 bridgehead atoms. The van der Waals surface area contributed by atoms with Crippen LogP contribution in [-0.4, -0.2) is 27.3 Å². The van der Waals surface area contributed by atoms with Crippen LogP contribution in [0.4, 0.5) is 13.2 Å². The molecule has 1 amide bonds. The van der Waals surface area contributed by atoms with Gasteiger partial charge >= 0.3 is 6.18 Å². The van der Waals surface area contributed by atoms with E-state index in [1.165, 1.54) is 11.7 Å². The number of alkyl halides is 3. The largest absolute Gasteiger partial charge is 0.468 e. The fourth-order valence-corrected chi connectivity index (χ4v) is 2.46. The lowest BCUT2D eigenvalue weighted by atomic mass is 10.0. The maximum atomic E-state index is 13.6. The molecule has 0 radical (unpaired) electrons. The molecule has 0 unspecified atom stereocenters. The summed E-state index contributed by atoms with van der Waals surface area (Å²) in [7, 11) is 1.49. The third-order valence-corrected chi connectivity index (χ3v) is 3.49. The van der Waals surface area contributed by atoms with Gasteiger partial charge in [0.2, 0.25) is 5.88 Å². The van der Waals surface area contributed by atoms with E-state index in [2.05, 4.69) is 10.1 Å². The zero-order valence-electron chi connectivity index (χ0n) is 13.0. The zero-order valence-corrected chi connectivity index (χ0v) is 13.0. The second-order valence-electron chi connectivity index (χ2n) is 5.30. The highest BCUT2D eigenvalue weighted by atomic mass is 19.4. The topological polar surface area (TPSA) is 83.0 Å². The SMILES string of the molecule is Cn1nc(-c2ccccc2)c2c(C(F)(F)F)cc(OCC(N)=O)nc21. The Labute approximate surface area is 140 Å². The van der Waals surface area contributed by atoms with Crippen LogP contribution in [0.15, 0.2) is 36.4 Å². The third-order valence-electron chi connectivity index (χ3n) is 3.49. The number of benzene rings is 1. The molecule has 6 nitrogen and oxygen atoms in total. The quantitative estimate of drug-likeness (QED) is 0.784. The number of amides is 1. The van der Waals surface area contributed by atoms with E-state index in [4.69, 9.17) is 10.5 Å². The Bertz CT molecular complexity index is 936. The maximum Gasteiger partial charge on any atom is 0.417 e.